The Labute approximate surface area is 118 Å². The third-order valence-electron chi connectivity index (χ3n) is 3.55. The second-order valence-corrected chi connectivity index (χ2v) is 4.98. The van der Waals surface area contributed by atoms with Crippen molar-refractivity contribution in [2.24, 2.45) is 0 Å². The lowest BCUT2D eigenvalue weighted by molar-refractivity contribution is 0.200. The Morgan fingerprint density at radius 3 is 2.80 bits per heavy atom. The molecule has 0 amide bonds. The molecule has 0 fully saturated rings. The maximum absolute atomic E-state index is 9.79. The van der Waals surface area contributed by atoms with Gasteiger partial charge in [-0.2, -0.15) is 0 Å². The number of anilines is 1. The van der Waals surface area contributed by atoms with Gasteiger partial charge in [0.1, 0.15) is 0 Å². The van der Waals surface area contributed by atoms with Crippen molar-refractivity contribution in [1.82, 2.24) is 4.98 Å². The molecular weight excluding hydrogens is 248 g/mol. The molecule has 1 aromatic heterocycles. The summed E-state index contributed by atoms with van der Waals surface area (Å²) in [6, 6.07) is 16.2. The molecule has 0 aliphatic rings. The van der Waals surface area contributed by atoms with E-state index in [-0.39, 0.29) is 0 Å². The number of hydrogen-bond donors (Lipinski definition) is 3. The molecule has 1 unspecified atom stereocenters. The third kappa shape index (κ3) is 2.40. The molecule has 0 aliphatic heterocycles. The van der Waals surface area contributed by atoms with Crippen molar-refractivity contribution in [3.63, 3.8) is 0 Å². The highest BCUT2D eigenvalue weighted by molar-refractivity contribution is 5.82. The van der Waals surface area contributed by atoms with E-state index >= 15 is 0 Å². The highest BCUT2D eigenvalue weighted by Crippen LogP contribution is 2.24. The molecule has 3 rings (SSSR count). The summed E-state index contributed by atoms with van der Waals surface area (Å²) in [6.45, 7) is 2.51. The van der Waals surface area contributed by atoms with E-state index in [4.69, 9.17) is 0 Å². The van der Waals surface area contributed by atoms with Crippen LogP contribution in [0.15, 0.2) is 54.7 Å². The summed E-state index contributed by atoms with van der Waals surface area (Å²) in [7, 11) is 0. The van der Waals surface area contributed by atoms with Gasteiger partial charge in [0, 0.05) is 24.0 Å². The van der Waals surface area contributed by atoms with Crippen molar-refractivity contribution in [3.8, 4) is 0 Å². The van der Waals surface area contributed by atoms with Gasteiger partial charge in [0.25, 0.3) is 0 Å². The van der Waals surface area contributed by atoms with Gasteiger partial charge >= 0.3 is 0 Å². The molecule has 3 nitrogen and oxygen atoms in total. The Bertz CT molecular complexity index is 716. The normalized spacial score (nSPS) is 12.5. The summed E-state index contributed by atoms with van der Waals surface area (Å²) in [4.78, 5) is 3.27. The minimum atomic E-state index is -0.472. The Balaban J connectivity index is 1.85. The van der Waals surface area contributed by atoms with Gasteiger partial charge in [-0.15, -0.1) is 0 Å². The standard InChI is InChI=1S/C17H18N2O/c1-12(20)15-7-2-3-8-16(15)19-11-14-6-4-5-13-9-10-18-17(13)14/h2-10,12,18-20H,11H2,1H3. The largest absolute Gasteiger partial charge is 0.389 e. The summed E-state index contributed by atoms with van der Waals surface area (Å²) in [6.07, 6.45) is 1.48. The molecule has 3 heteroatoms. The van der Waals surface area contributed by atoms with Crippen LogP contribution in [-0.2, 0) is 6.54 Å². The van der Waals surface area contributed by atoms with E-state index in [2.05, 4.69) is 34.6 Å². The molecule has 102 valence electrons. The fraction of sp³-hybridized carbons (Fsp3) is 0.176. The van der Waals surface area contributed by atoms with Gasteiger partial charge in [0.15, 0.2) is 0 Å². The third-order valence-corrected chi connectivity index (χ3v) is 3.55. The number of fused-ring (bicyclic) bond motifs is 1. The SMILES string of the molecule is CC(O)c1ccccc1NCc1cccc2cc[nH]c12. The predicted molar refractivity (Wildman–Crippen MR) is 82.7 cm³/mol. The molecule has 3 N–H and O–H groups in total. The Morgan fingerprint density at radius 2 is 1.95 bits per heavy atom. The first-order valence-corrected chi connectivity index (χ1v) is 6.81. The van der Waals surface area contributed by atoms with Gasteiger partial charge in [0.05, 0.1) is 11.6 Å². The predicted octanol–water partition coefficient (Wildman–Crippen LogP) is 3.83. The minimum absolute atomic E-state index is 0.472. The van der Waals surface area contributed by atoms with E-state index in [1.54, 1.807) is 6.92 Å². The molecule has 1 heterocycles. The van der Waals surface area contributed by atoms with Crippen LogP contribution >= 0.6 is 0 Å². The number of nitrogens with one attached hydrogen (secondary N) is 2. The summed E-state index contributed by atoms with van der Waals surface area (Å²) in [5, 5.41) is 14.4. The molecule has 0 saturated carbocycles. The van der Waals surface area contributed by atoms with Crippen LogP contribution in [0.25, 0.3) is 10.9 Å². The molecule has 0 aliphatic carbocycles. The topological polar surface area (TPSA) is 48.0 Å². The van der Waals surface area contributed by atoms with E-state index in [1.807, 2.05) is 30.5 Å². The molecule has 0 saturated heterocycles. The molecule has 3 aromatic rings. The van der Waals surface area contributed by atoms with E-state index in [0.29, 0.717) is 0 Å². The van der Waals surface area contributed by atoms with Crippen LogP contribution in [0.1, 0.15) is 24.2 Å². The second kappa shape index (κ2) is 5.39. The summed E-state index contributed by atoms with van der Waals surface area (Å²) < 4.78 is 0. The average Bonchev–Trinajstić information content (AvgIpc) is 2.94. The summed E-state index contributed by atoms with van der Waals surface area (Å²) >= 11 is 0. The summed E-state index contributed by atoms with van der Waals surface area (Å²) in [5.41, 5.74) is 4.28. The Morgan fingerprint density at radius 1 is 1.10 bits per heavy atom. The lowest BCUT2D eigenvalue weighted by Crippen LogP contribution is -2.04. The van der Waals surface area contributed by atoms with Gasteiger partial charge < -0.3 is 15.4 Å². The monoisotopic (exact) mass is 266 g/mol. The number of aromatic nitrogens is 1. The minimum Gasteiger partial charge on any atom is -0.389 e. The van der Waals surface area contributed by atoms with E-state index < -0.39 is 6.10 Å². The second-order valence-electron chi connectivity index (χ2n) is 4.98. The number of rotatable bonds is 4. The van der Waals surface area contributed by atoms with Crippen molar-refractivity contribution in [2.45, 2.75) is 19.6 Å². The molecular formula is C17H18N2O. The lowest BCUT2D eigenvalue weighted by atomic mass is 10.1. The fourth-order valence-electron chi connectivity index (χ4n) is 2.51. The van der Waals surface area contributed by atoms with Crippen molar-refractivity contribution < 1.29 is 5.11 Å². The number of benzene rings is 2. The maximum atomic E-state index is 9.79. The zero-order valence-electron chi connectivity index (χ0n) is 11.4. The molecule has 0 radical (unpaired) electrons. The Kier molecular flexibility index (Phi) is 3.44. The van der Waals surface area contributed by atoms with Crippen LogP contribution in [0.5, 0.6) is 0 Å². The first-order valence-electron chi connectivity index (χ1n) is 6.81. The van der Waals surface area contributed by atoms with Gasteiger partial charge in [-0.05, 0) is 30.0 Å². The first kappa shape index (κ1) is 12.8. The first-order chi connectivity index (χ1) is 9.75. The summed E-state index contributed by atoms with van der Waals surface area (Å²) in [5.74, 6) is 0. The molecule has 20 heavy (non-hydrogen) atoms. The number of hydrogen-bond acceptors (Lipinski definition) is 2. The van der Waals surface area contributed by atoms with Gasteiger partial charge in [-0.3, -0.25) is 0 Å². The zero-order valence-corrected chi connectivity index (χ0v) is 11.4. The van der Waals surface area contributed by atoms with E-state index in [9.17, 15) is 5.11 Å². The van der Waals surface area contributed by atoms with E-state index in [1.165, 1.54) is 10.9 Å². The van der Waals surface area contributed by atoms with Gasteiger partial charge in [-0.1, -0.05) is 36.4 Å². The molecule has 0 spiro atoms. The number of aromatic amines is 1. The van der Waals surface area contributed by atoms with Crippen LogP contribution in [0, 0.1) is 0 Å². The van der Waals surface area contributed by atoms with Crippen LogP contribution in [0.2, 0.25) is 0 Å². The smallest absolute Gasteiger partial charge is 0.0781 e. The van der Waals surface area contributed by atoms with Gasteiger partial charge in [-0.25, -0.2) is 0 Å². The quantitative estimate of drug-likeness (QED) is 0.672. The van der Waals surface area contributed by atoms with Crippen LogP contribution in [0.4, 0.5) is 5.69 Å². The highest BCUT2D eigenvalue weighted by Gasteiger charge is 2.07. The zero-order chi connectivity index (χ0) is 13.9. The van der Waals surface area contributed by atoms with Crippen LogP contribution in [-0.4, -0.2) is 10.1 Å². The fourth-order valence-corrected chi connectivity index (χ4v) is 2.51. The molecule has 1 atom stereocenters. The number of para-hydroxylation sites is 2. The van der Waals surface area contributed by atoms with Crippen LogP contribution in [0.3, 0.4) is 0 Å². The number of aliphatic hydroxyl groups excluding tert-OH is 1. The van der Waals surface area contributed by atoms with Crippen LogP contribution < -0.4 is 5.32 Å². The van der Waals surface area contributed by atoms with E-state index in [0.717, 1.165) is 23.3 Å². The molecule has 0 bridgehead atoms. The molecule has 2 aromatic carbocycles. The van der Waals surface area contributed by atoms with Crippen molar-refractivity contribution >= 4 is 16.6 Å². The van der Waals surface area contributed by atoms with Crippen molar-refractivity contribution in [1.29, 1.82) is 0 Å². The number of H-pyrrole nitrogens is 1. The van der Waals surface area contributed by atoms with Crippen molar-refractivity contribution in [3.05, 3.63) is 65.9 Å². The van der Waals surface area contributed by atoms with Crippen molar-refractivity contribution in [2.75, 3.05) is 5.32 Å². The maximum Gasteiger partial charge on any atom is 0.0781 e. The average molecular weight is 266 g/mol. The van der Waals surface area contributed by atoms with Gasteiger partial charge in [0.2, 0.25) is 0 Å². The lowest BCUT2D eigenvalue weighted by Gasteiger charge is -2.14. The highest BCUT2D eigenvalue weighted by atomic mass is 16.3. The number of aliphatic hydroxyl groups is 1. The Hall–Kier alpha value is -2.26.